The summed E-state index contributed by atoms with van der Waals surface area (Å²) in [7, 11) is 0. The number of amides is 3. The van der Waals surface area contributed by atoms with Gasteiger partial charge in [-0.25, -0.2) is 4.79 Å². The second kappa shape index (κ2) is 8.30. The van der Waals surface area contributed by atoms with Crippen molar-refractivity contribution >= 4 is 23.3 Å². The molecule has 0 bridgehead atoms. The lowest BCUT2D eigenvalue weighted by Crippen LogP contribution is -2.33. The van der Waals surface area contributed by atoms with Gasteiger partial charge in [0, 0.05) is 24.5 Å². The lowest BCUT2D eigenvalue weighted by atomic mass is 10.2. The first-order chi connectivity index (χ1) is 12.2. The molecule has 1 saturated heterocycles. The first-order valence-electron chi connectivity index (χ1n) is 8.32. The molecule has 0 unspecified atom stereocenters. The summed E-state index contributed by atoms with van der Waals surface area (Å²) in [5, 5.41) is 8.42. The number of rotatable bonds is 5. The third-order valence-electron chi connectivity index (χ3n) is 3.91. The quantitative estimate of drug-likeness (QED) is 0.783. The van der Waals surface area contributed by atoms with Crippen LogP contribution in [0.3, 0.4) is 0 Å². The molecule has 1 aliphatic heterocycles. The minimum Gasteiger partial charge on any atom is -0.368 e. The molecule has 25 heavy (non-hydrogen) atoms. The Labute approximate surface area is 146 Å². The number of hydrogen-bond donors (Lipinski definition) is 3. The summed E-state index contributed by atoms with van der Waals surface area (Å²) in [5.74, 6) is -0.0855. The van der Waals surface area contributed by atoms with E-state index in [-0.39, 0.29) is 18.0 Å². The monoisotopic (exact) mass is 339 g/mol. The second-order valence-electron chi connectivity index (χ2n) is 5.86. The lowest BCUT2D eigenvalue weighted by Gasteiger charge is -2.12. The number of para-hydroxylation sites is 1. The molecule has 2 aromatic rings. The number of carbonyl (C=O) groups excluding carboxylic acids is 2. The summed E-state index contributed by atoms with van der Waals surface area (Å²) in [4.78, 5) is 24.0. The van der Waals surface area contributed by atoms with Gasteiger partial charge in [-0.05, 0) is 42.7 Å². The van der Waals surface area contributed by atoms with E-state index < -0.39 is 0 Å². The number of ether oxygens (including phenoxy) is 1. The van der Waals surface area contributed by atoms with Crippen molar-refractivity contribution in [2.24, 2.45) is 0 Å². The van der Waals surface area contributed by atoms with Gasteiger partial charge < -0.3 is 20.7 Å². The zero-order valence-electron chi connectivity index (χ0n) is 13.8. The summed E-state index contributed by atoms with van der Waals surface area (Å²) in [6, 6.07) is 16.3. The molecule has 0 aromatic heterocycles. The van der Waals surface area contributed by atoms with Crippen molar-refractivity contribution in [2.75, 3.05) is 17.2 Å². The highest BCUT2D eigenvalue weighted by Crippen LogP contribution is 2.14. The fourth-order valence-corrected chi connectivity index (χ4v) is 2.66. The average molecular weight is 339 g/mol. The maximum Gasteiger partial charge on any atom is 0.323 e. The molecule has 2 aromatic carbocycles. The van der Waals surface area contributed by atoms with Gasteiger partial charge in [-0.15, -0.1) is 0 Å². The zero-order chi connectivity index (χ0) is 17.5. The Morgan fingerprint density at radius 2 is 1.76 bits per heavy atom. The molecule has 3 N–H and O–H groups in total. The Balaban J connectivity index is 1.52. The van der Waals surface area contributed by atoms with Crippen molar-refractivity contribution in [2.45, 2.75) is 25.5 Å². The normalized spacial score (nSPS) is 16.2. The van der Waals surface area contributed by atoms with E-state index in [1.54, 1.807) is 6.07 Å². The van der Waals surface area contributed by atoms with E-state index in [4.69, 9.17) is 4.74 Å². The highest BCUT2D eigenvalue weighted by Gasteiger charge is 2.22. The van der Waals surface area contributed by atoms with E-state index in [1.807, 2.05) is 48.5 Å². The number of urea groups is 1. The number of hydrogen-bond acceptors (Lipinski definition) is 3. The van der Waals surface area contributed by atoms with Crippen LogP contribution in [-0.2, 0) is 16.1 Å². The molecule has 0 saturated carbocycles. The predicted molar refractivity (Wildman–Crippen MR) is 96.3 cm³/mol. The van der Waals surface area contributed by atoms with Gasteiger partial charge in [0.25, 0.3) is 0 Å². The first-order valence-corrected chi connectivity index (χ1v) is 8.32. The van der Waals surface area contributed by atoms with E-state index in [2.05, 4.69) is 16.0 Å². The zero-order valence-corrected chi connectivity index (χ0v) is 13.8. The first kappa shape index (κ1) is 17.0. The van der Waals surface area contributed by atoms with Crippen LogP contribution in [0.2, 0.25) is 0 Å². The summed E-state index contributed by atoms with van der Waals surface area (Å²) < 4.78 is 5.36. The van der Waals surface area contributed by atoms with Crippen LogP contribution in [0.1, 0.15) is 18.4 Å². The molecule has 1 aliphatic rings. The maximum atomic E-state index is 12.0. The summed E-state index contributed by atoms with van der Waals surface area (Å²) >= 11 is 0. The summed E-state index contributed by atoms with van der Waals surface area (Å²) in [5.41, 5.74) is 2.29. The van der Waals surface area contributed by atoms with Gasteiger partial charge in [-0.2, -0.15) is 0 Å². The Bertz CT molecular complexity index is 728. The van der Waals surface area contributed by atoms with Crippen LogP contribution in [0.4, 0.5) is 16.2 Å². The number of nitrogens with one attached hydrogen (secondary N) is 3. The molecule has 1 atom stereocenters. The molecule has 6 nitrogen and oxygen atoms in total. The lowest BCUT2D eigenvalue weighted by molar-refractivity contribution is -0.130. The highest BCUT2D eigenvalue weighted by molar-refractivity contribution is 5.99. The van der Waals surface area contributed by atoms with Crippen molar-refractivity contribution in [1.29, 1.82) is 0 Å². The molecule has 1 heterocycles. The Morgan fingerprint density at radius 3 is 2.52 bits per heavy atom. The van der Waals surface area contributed by atoms with Crippen LogP contribution < -0.4 is 16.0 Å². The largest absolute Gasteiger partial charge is 0.368 e. The fraction of sp³-hybridized carbons (Fsp3) is 0.263. The van der Waals surface area contributed by atoms with Crippen molar-refractivity contribution in [3.05, 3.63) is 60.2 Å². The number of carbonyl (C=O) groups is 2. The molecule has 6 heteroatoms. The van der Waals surface area contributed by atoms with Crippen molar-refractivity contribution in [1.82, 2.24) is 5.32 Å². The summed E-state index contributed by atoms with van der Waals surface area (Å²) in [6.07, 6.45) is 1.36. The Morgan fingerprint density at radius 1 is 1.00 bits per heavy atom. The molecular formula is C19H21N3O3. The predicted octanol–water partition coefficient (Wildman–Crippen LogP) is 3.13. The molecule has 0 spiro atoms. The van der Waals surface area contributed by atoms with Gasteiger partial charge >= 0.3 is 6.03 Å². The van der Waals surface area contributed by atoms with Gasteiger partial charge in [0.05, 0.1) is 0 Å². The minimum atomic E-state index is -0.335. The SMILES string of the molecule is O=C(Nc1ccccc1)Nc1cccc(CNC(=O)[C@H]2CCCO2)c1. The van der Waals surface area contributed by atoms with E-state index >= 15 is 0 Å². The smallest absolute Gasteiger partial charge is 0.323 e. The van der Waals surface area contributed by atoms with Crippen LogP contribution in [-0.4, -0.2) is 24.6 Å². The van der Waals surface area contributed by atoms with E-state index in [9.17, 15) is 9.59 Å². The van der Waals surface area contributed by atoms with E-state index in [0.717, 1.165) is 24.1 Å². The third kappa shape index (κ3) is 5.06. The number of benzene rings is 2. The molecular weight excluding hydrogens is 318 g/mol. The van der Waals surface area contributed by atoms with E-state index in [0.29, 0.717) is 18.8 Å². The Kier molecular flexibility index (Phi) is 5.64. The van der Waals surface area contributed by atoms with Crippen LogP contribution in [0, 0.1) is 0 Å². The van der Waals surface area contributed by atoms with Crippen molar-refractivity contribution in [3.8, 4) is 0 Å². The molecule has 3 rings (SSSR count). The topological polar surface area (TPSA) is 79.5 Å². The second-order valence-corrected chi connectivity index (χ2v) is 5.86. The highest BCUT2D eigenvalue weighted by atomic mass is 16.5. The van der Waals surface area contributed by atoms with Crippen LogP contribution in [0.25, 0.3) is 0 Å². The number of anilines is 2. The standard InChI is InChI=1S/C19H21N3O3/c23-18(17-10-5-11-25-17)20-13-14-6-4-9-16(12-14)22-19(24)21-15-7-2-1-3-8-15/h1-4,6-9,12,17H,5,10-11,13H2,(H,20,23)(H2,21,22,24)/t17-/m1/s1. The van der Waals surface area contributed by atoms with Crippen LogP contribution >= 0.6 is 0 Å². The van der Waals surface area contributed by atoms with Gasteiger partial charge in [-0.3, -0.25) is 4.79 Å². The van der Waals surface area contributed by atoms with Crippen LogP contribution in [0.15, 0.2) is 54.6 Å². The van der Waals surface area contributed by atoms with Crippen molar-refractivity contribution in [3.63, 3.8) is 0 Å². The molecule has 3 amide bonds. The molecule has 1 fully saturated rings. The van der Waals surface area contributed by atoms with Gasteiger partial charge in [0.1, 0.15) is 6.10 Å². The molecule has 0 radical (unpaired) electrons. The van der Waals surface area contributed by atoms with E-state index in [1.165, 1.54) is 0 Å². The molecule has 130 valence electrons. The average Bonchev–Trinajstić information content (AvgIpc) is 3.15. The van der Waals surface area contributed by atoms with Crippen LogP contribution in [0.5, 0.6) is 0 Å². The van der Waals surface area contributed by atoms with Gasteiger partial charge in [0.15, 0.2) is 0 Å². The van der Waals surface area contributed by atoms with Gasteiger partial charge in [-0.1, -0.05) is 30.3 Å². The minimum absolute atomic E-state index is 0.0855. The third-order valence-corrected chi connectivity index (χ3v) is 3.91. The summed E-state index contributed by atoms with van der Waals surface area (Å²) in [6.45, 7) is 1.04. The Hall–Kier alpha value is -2.86. The van der Waals surface area contributed by atoms with Gasteiger partial charge in [0.2, 0.25) is 5.91 Å². The van der Waals surface area contributed by atoms with Crippen molar-refractivity contribution < 1.29 is 14.3 Å². The molecule has 0 aliphatic carbocycles. The fourth-order valence-electron chi connectivity index (χ4n) is 2.66. The maximum absolute atomic E-state index is 12.0.